The second-order valence-electron chi connectivity index (χ2n) is 4.51. The number of amides is 1. The minimum absolute atomic E-state index is 0.136. The molecule has 0 aliphatic heterocycles. The van der Waals surface area contributed by atoms with Crippen molar-refractivity contribution in [1.29, 1.82) is 0 Å². The number of thioether (sulfide) groups is 1. The third kappa shape index (κ3) is 5.34. The highest BCUT2D eigenvalue weighted by Gasteiger charge is 2.05. The zero-order valence-corrected chi connectivity index (χ0v) is 13.8. The van der Waals surface area contributed by atoms with Gasteiger partial charge in [-0.15, -0.1) is 11.8 Å². The Labute approximate surface area is 139 Å². The summed E-state index contributed by atoms with van der Waals surface area (Å²) in [5.41, 5.74) is 3.34. The maximum absolute atomic E-state index is 11.7. The number of nitrogens with zero attached hydrogens (tertiary/aromatic N) is 1. The molecule has 0 fully saturated rings. The van der Waals surface area contributed by atoms with Crippen molar-refractivity contribution in [3.63, 3.8) is 0 Å². The van der Waals surface area contributed by atoms with Crippen LogP contribution in [-0.2, 0) is 4.79 Å². The van der Waals surface area contributed by atoms with Crippen LogP contribution in [0, 0.1) is 0 Å². The summed E-state index contributed by atoms with van der Waals surface area (Å²) in [7, 11) is 1.55. The van der Waals surface area contributed by atoms with Crippen molar-refractivity contribution in [1.82, 2.24) is 5.43 Å². The van der Waals surface area contributed by atoms with E-state index in [1.807, 2.05) is 42.7 Å². The largest absolute Gasteiger partial charge is 0.493 e. The Balaban J connectivity index is 1.81. The summed E-state index contributed by atoms with van der Waals surface area (Å²) in [6.07, 6.45) is 3.61. The Morgan fingerprint density at radius 3 is 2.52 bits per heavy atom. The van der Waals surface area contributed by atoms with E-state index in [-0.39, 0.29) is 12.5 Å². The maximum atomic E-state index is 11.7. The molecule has 0 aliphatic carbocycles. The number of hydrogen-bond donors (Lipinski definition) is 1. The van der Waals surface area contributed by atoms with Crippen molar-refractivity contribution in [3.05, 3.63) is 54.1 Å². The van der Waals surface area contributed by atoms with E-state index in [4.69, 9.17) is 9.47 Å². The molecule has 0 heterocycles. The fourth-order valence-corrected chi connectivity index (χ4v) is 2.19. The summed E-state index contributed by atoms with van der Waals surface area (Å²) in [6, 6.07) is 15.0. The molecule has 1 N–H and O–H groups in total. The maximum Gasteiger partial charge on any atom is 0.277 e. The van der Waals surface area contributed by atoms with Crippen molar-refractivity contribution >= 4 is 23.9 Å². The number of rotatable bonds is 7. The molecule has 0 saturated carbocycles. The van der Waals surface area contributed by atoms with Gasteiger partial charge in [0.2, 0.25) is 0 Å². The highest BCUT2D eigenvalue weighted by molar-refractivity contribution is 7.98. The van der Waals surface area contributed by atoms with Gasteiger partial charge in [-0.2, -0.15) is 5.10 Å². The number of nitrogens with one attached hydrogen (secondary N) is 1. The number of benzene rings is 2. The van der Waals surface area contributed by atoms with Crippen LogP contribution in [0.1, 0.15) is 5.56 Å². The predicted octanol–water partition coefficient (Wildman–Crippen LogP) is 2.95. The van der Waals surface area contributed by atoms with Crippen molar-refractivity contribution in [2.24, 2.45) is 5.10 Å². The van der Waals surface area contributed by atoms with Gasteiger partial charge in [0.1, 0.15) is 0 Å². The predicted molar refractivity (Wildman–Crippen MR) is 92.4 cm³/mol. The first-order valence-corrected chi connectivity index (χ1v) is 8.17. The monoisotopic (exact) mass is 330 g/mol. The molecule has 6 heteroatoms. The molecule has 120 valence electrons. The average molecular weight is 330 g/mol. The van der Waals surface area contributed by atoms with Crippen LogP contribution in [0.4, 0.5) is 0 Å². The highest BCUT2D eigenvalue weighted by Crippen LogP contribution is 2.25. The summed E-state index contributed by atoms with van der Waals surface area (Å²) in [5, 5.41) is 3.91. The minimum Gasteiger partial charge on any atom is -0.493 e. The molecule has 0 aromatic heterocycles. The van der Waals surface area contributed by atoms with E-state index in [9.17, 15) is 4.79 Å². The second-order valence-corrected chi connectivity index (χ2v) is 5.39. The Kier molecular flexibility index (Phi) is 6.50. The van der Waals surface area contributed by atoms with Crippen molar-refractivity contribution in [2.75, 3.05) is 20.0 Å². The van der Waals surface area contributed by atoms with Crippen LogP contribution in [0.2, 0.25) is 0 Å². The number of methoxy groups -OCH3 is 1. The first-order chi connectivity index (χ1) is 11.2. The molecular weight excluding hydrogens is 312 g/mol. The molecule has 2 aromatic rings. The Morgan fingerprint density at radius 2 is 1.87 bits per heavy atom. The van der Waals surface area contributed by atoms with Gasteiger partial charge in [-0.1, -0.05) is 24.3 Å². The smallest absolute Gasteiger partial charge is 0.277 e. The molecule has 0 spiro atoms. The van der Waals surface area contributed by atoms with Crippen LogP contribution in [0.15, 0.2) is 58.5 Å². The zero-order valence-electron chi connectivity index (χ0n) is 13.0. The minimum atomic E-state index is -0.340. The first kappa shape index (κ1) is 16.9. The lowest BCUT2D eigenvalue weighted by atomic mass is 10.2. The molecule has 2 rings (SSSR count). The lowest BCUT2D eigenvalue weighted by molar-refractivity contribution is -0.123. The van der Waals surface area contributed by atoms with E-state index in [0.717, 1.165) is 5.56 Å². The van der Waals surface area contributed by atoms with Crippen LogP contribution in [0.3, 0.4) is 0 Å². The van der Waals surface area contributed by atoms with Gasteiger partial charge in [0.25, 0.3) is 5.91 Å². The molecule has 5 nitrogen and oxygen atoms in total. The van der Waals surface area contributed by atoms with Crippen LogP contribution >= 0.6 is 11.8 Å². The molecule has 0 bridgehead atoms. The van der Waals surface area contributed by atoms with E-state index in [2.05, 4.69) is 10.5 Å². The lowest BCUT2D eigenvalue weighted by Gasteiger charge is -2.09. The van der Waals surface area contributed by atoms with Gasteiger partial charge in [0, 0.05) is 4.90 Å². The molecular formula is C17H18N2O3S. The van der Waals surface area contributed by atoms with Crippen molar-refractivity contribution in [3.8, 4) is 11.5 Å². The van der Waals surface area contributed by atoms with E-state index in [0.29, 0.717) is 11.5 Å². The normalized spacial score (nSPS) is 10.5. The first-order valence-electron chi connectivity index (χ1n) is 6.94. The summed E-state index contributed by atoms with van der Waals surface area (Å²) in [5.74, 6) is 0.757. The van der Waals surface area contributed by atoms with Gasteiger partial charge in [0.05, 0.1) is 13.3 Å². The number of carbonyl (C=O) groups is 1. The summed E-state index contributed by atoms with van der Waals surface area (Å²) < 4.78 is 10.6. The molecule has 23 heavy (non-hydrogen) atoms. The quantitative estimate of drug-likeness (QED) is 0.482. The lowest BCUT2D eigenvalue weighted by Crippen LogP contribution is -2.24. The van der Waals surface area contributed by atoms with Crippen molar-refractivity contribution in [2.45, 2.75) is 4.90 Å². The molecule has 0 atom stereocenters. The van der Waals surface area contributed by atoms with Gasteiger partial charge in [-0.05, 0) is 36.1 Å². The molecule has 0 unspecified atom stereocenters. The van der Waals surface area contributed by atoms with Crippen LogP contribution in [0.25, 0.3) is 0 Å². The van der Waals surface area contributed by atoms with Crippen LogP contribution in [0.5, 0.6) is 11.5 Å². The molecule has 1 amide bonds. The molecule has 0 aliphatic rings. The van der Waals surface area contributed by atoms with Gasteiger partial charge in [0.15, 0.2) is 18.1 Å². The third-order valence-corrected chi connectivity index (χ3v) is 3.69. The fourth-order valence-electron chi connectivity index (χ4n) is 1.78. The van der Waals surface area contributed by atoms with Crippen LogP contribution in [-0.4, -0.2) is 32.1 Å². The van der Waals surface area contributed by atoms with Gasteiger partial charge in [-0.25, -0.2) is 5.43 Å². The standard InChI is InChI=1S/C17H18N2O3S/c1-21-15-5-3-4-6-16(15)22-12-17(20)19-18-11-13-7-9-14(23-2)10-8-13/h3-11H,12H2,1-2H3,(H,19,20)/b18-11+. The second kappa shape index (κ2) is 8.85. The number of ether oxygens (including phenoxy) is 2. The molecule has 0 saturated heterocycles. The molecule has 2 aromatic carbocycles. The third-order valence-electron chi connectivity index (χ3n) is 2.95. The zero-order chi connectivity index (χ0) is 16.5. The summed E-state index contributed by atoms with van der Waals surface area (Å²) in [6.45, 7) is -0.136. The summed E-state index contributed by atoms with van der Waals surface area (Å²) >= 11 is 1.67. The summed E-state index contributed by atoms with van der Waals surface area (Å²) in [4.78, 5) is 12.9. The van der Waals surface area contributed by atoms with E-state index in [1.165, 1.54) is 4.90 Å². The number of hydrazone groups is 1. The Hall–Kier alpha value is -2.47. The van der Waals surface area contributed by atoms with E-state index in [1.54, 1.807) is 37.2 Å². The fraction of sp³-hybridized carbons (Fsp3) is 0.176. The van der Waals surface area contributed by atoms with E-state index >= 15 is 0 Å². The van der Waals surface area contributed by atoms with Gasteiger partial charge < -0.3 is 9.47 Å². The topological polar surface area (TPSA) is 59.9 Å². The van der Waals surface area contributed by atoms with Crippen molar-refractivity contribution < 1.29 is 14.3 Å². The van der Waals surface area contributed by atoms with Gasteiger partial charge in [-0.3, -0.25) is 4.79 Å². The Bertz CT molecular complexity index is 672. The van der Waals surface area contributed by atoms with E-state index < -0.39 is 0 Å². The highest BCUT2D eigenvalue weighted by atomic mass is 32.2. The molecule has 0 radical (unpaired) electrons. The number of hydrogen-bond acceptors (Lipinski definition) is 5. The number of carbonyl (C=O) groups excluding carboxylic acids is 1. The van der Waals surface area contributed by atoms with Gasteiger partial charge >= 0.3 is 0 Å². The Morgan fingerprint density at radius 1 is 1.17 bits per heavy atom. The average Bonchev–Trinajstić information content (AvgIpc) is 2.60. The van der Waals surface area contributed by atoms with Crippen LogP contribution < -0.4 is 14.9 Å². The SMILES string of the molecule is COc1ccccc1OCC(=O)N/N=C/c1ccc(SC)cc1. The number of para-hydroxylation sites is 2.